The molecule has 3 rings (SSSR count). The van der Waals surface area contributed by atoms with Crippen LogP contribution in [0.3, 0.4) is 0 Å². The van der Waals surface area contributed by atoms with Crippen LogP contribution in [-0.2, 0) is 4.79 Å². The van der Waals surface area contributed by atoms with Crippen molar-refractivity contribution < 1.29 is 9.18 Å². The Hall–Kier alpha value is -2.58. The number of carbonyl (C=O) groups excluding carboxylic acids is 1. The maximum atomic E-state index is 14.0. The van der Waals surface area contributed by atoms with Crippen molar-refractivity contribution >= 4 is 23.2 Å². The molecule has 6 heteroatoms. The molecule has 0 spiro atoms. The van der Waals surface area contributed by atoms with E-state index >= 15 is 0 Å². The highest BCUT2D eigenvalue weighted by molar-refractivity contribution is 6.32. The first-order valence-corrected chi connectivity index (χ1v) is 9.30. The SMILES string of the molecule is CCN1C[C@@H](C(Nc2ccc(C#N)c(Cl)c2)c2cc(F)ccc2C)CC1=O. The van der Waals surface area contributed by atoms with E-state index in [0.29, 0.717) is 30.1 Å². The zero-order chi connectivity index (χ0) is 19.6. The summed E-state index contributed by atoms with van der Waals surface area (Å²) in [5.41, 5.74) is 2.91. The molecule has 2 aromatic carbocycles. The summed E-state index contributed by atoms with van der Waals surface area (Å²) >= 11 is 6.16. The number of hydrogen-bond donors (Lipinski definition) is 1. The second-order valence-electron chi connectivity index (χ2n) is 6.83. The largest absolute Gasteiger partial charge is 0.378 e. The molecule has 0 aromatic heterocycles. The van der Waals surface area contributed by atoms with Crippen LogP contribution in [0.1, 0.15) is 36.1 Å². The lowest BCUT2D eigenvalue weighted by Crippen LogP contribution is -2.27. The quantitative estimate of drug-likeness (QED) is 0.812. The Morgan fingerprint density at radius 2 is 2.15 bits per heavy atom. The van der Waals surface area contributed by atoms with Crippen LogP contribution in [-0.4, -0.2) is 23.9 Å². The number of halogens is 2. The van der Waals surface area contributed by atoms with Crippen molar-refractivity contribution in [2.24, 2.45) is 5.92 Å². The minimum Gasteiger partial charge on any atom is -0.378 e. The molecule has 1 saturated heterocycles. The first-order chi connectivity index (χ1) is 12.9. The third-order valence-electron chi connectivity index (χ3n) is 5.09. The molecule has 2 aromatic rings. The molecule has 0 aliphatic carbocycles. The Morgan fingerprint density at radius 1 is 1.37 bits per heavy atom. The Bertz CT molecular complexity index is 909. The van der Waals surface area contributed by atoms with E-state index in [1.807, 2.05) is 24.8 Å². The second-order valence-corrected chi connectivity index (χ2v) is 7.23. The summed E-state index contributed by atoms with van der Waals surface area (Å²) in [7, 11) is 0. The molecule has 4 nitrogen and oxygen atoms in total. The van der Waals surface area contributed by atoms with Crippen LogP contribution in [0, 0.1) is 30.0 Å². The van der Waals surface area contributed by atoms with Gasteiger partial charge in [-0.15, -0.1) is 0 Å². The van der Waals surface area contributed by atoms with Gasteiger partial charge >= 0.3 is 0 Å². The Balaban J connectivity index is 1.98. The second kappa shape index (κ2) is 7.98. The molecule has 1 unspecified atom stereocenters. The molecular weight excluding hydrogens is 365 g/mol. The van der Waals surface area contributed by atoms with Crippen LogP contribution < -0.4 is 5.32 Å². The molecule has 140 valence electrons. The van der Waals surface area contributed by atoms with Gasteiger partial charge in [0.15, 0.2) is 0 Å². The molecule has 0 saturated carbocycles. The number of aryl methyl sites for hydroxylation is 1. The van der Waals surface area contributed by atoms with Crippen molar-refractivity contribution in [2.45, 2.75) is 26.3 Å². The van der Waals surface area contributed by atoms with E-state index in [9.17, 15) is 9.18 Å². The van der Waals surface area contributed by atoms with E-state index in [2.05, 4.69) is 5.32 Å². The van der Waals surface area contributed by atoms with Gasteiger partial charge in [0.2, 0.25) is 5.91 Å². The highest BCUT2D eigenvalue weighted by Gasteiger charge is 2.35. The first-order valence-electron chi connectivity index (χ1n) is 8.93. The zero-order valence-electron chi connectivity index (χ0n) is 15.3. The van der Waals surface area contributed by atoms with Crippen molar-refractivity contribution in [3.05, 3.63) is 63.9 Å². The summed E-state index contributed by atoms with van der Waals surface area (Å²) in [4.78, 5) is 14.1. The van der Waals surface area contributed by atoms with Gasteiger partial charge < -0.3 is 10.2 Å². The number of likely N-dealkylation sites (tertiary alicyclic amines) is 1. The van der Waals surface area contributed by atoms with Gasteiger partial charge in [-0.2, -0.15) is 5.26 Å². The number of rotatable bonds is 5. The van der Waals surface area contributed by atoms with Crippen molar-refractivity contribution in [1.82, 2.24) is 4.90 Å². The first kappa shape index (κ1) is 19.2. The van der Waals surface area contributed by atoms with Gasteiger partial charge in [-0.3, -0.25) is 4.79 Å². The Morgan fingerprint density at radius 3 is 2.78 bits per heavy atom. The monoisotopic (exact) mass is 385 g/mol. The van der Waals surface area contributed by atoms with Crippen molar-refractivity contribution in [3.63, 3.8) is 0 Å². The van der Waals surface area contributed by atoms with Gasteiger partial charge in [-0.25, -0.2) is 4.39 Å². The average molecular weight is 386 g/mol. The van der Waals surface area contributed by atoms with Gasteiger partial charge in [-0.1, -0.05) is 17.7 Å². The van der Waals surface area contributed by atoms with Gasteiger partial charge in [0.1, 0.15) is 11.9 Å². The van der Waals surface area contributed by atoms with Crippen molar-refractivity contribution in [2.75, 3.05) is 18.4 Å². The molecule has 1 N–H and O–H groups in total. The van der Waals surface area contributed by atoms with Gasteiger partial charge in [0.25, 0.3) is 0 Å². The van der Waals surface area contributed by atoms with Crippen molar-refractivity contribution in [3.8, 4) is 6.07 Å². The number of anilines is 1. The smallest absolute Gasteiger partial charge is 0.223 e. The van der Waals surface area contributed by atoms with Crippen molar-refractivity contribution in [1.29, 1.82) is 5.26 Å². The number of carbonyl (C=O) groups is 1. The molecule has 1 heterocycles. The van der Waals surface area contributed by atoms with E-state index in [1.165, 1.54) is 12.1 Å². The topological polar surface area (TPSA) is 56.1 Å². The van der Waals surface area contributed by atoms with E-state index < -0.39 is 0 Å². The van der Waals surface area contributed by atoms with Crippen LogP contribution >= 0.6 is 11.6 Å². The van der Waals surface area contributed by atoms with E-state index in [0.717, 1.165) is 16.8 Å². The lowest BCUT2D eigenvalue weighted by atomic mass is 9.89. The maximum absolute atomic E-state index is 14.0. The fourth-order valence-corrected chi connectivity index (χ4v) is 3.83. The number of nitriles is 1. The van der Waals surface area contributed by atoms with E-state index in [4.69, 9.17) is 16.9 Å². The van der Waals surface area contributed by atoms with Gasteiger partial charge in [0.05, 0.1) is 16.6 Å². The Kier molecular flexibility index (Phi) is 5.67. The molecule has 27 heavy (non-hydrogen) atoms. The highest BCUT2D eigenvalue weighted by atomic mass is 35.5. The van der Waals surface area contributed by atoms with E-state index in [-0.39, 0.29) is 23.7 Å². The fraction of sp³-hybridized carbons (Fsp3) is 0.333. The third kappa shape index (κ3) is 4.06. The molecular formula is C21H21ClFN3O. The van der Waals surface area contributed by atoms with Gasteiger partial charge in [-0.05, 0) is 55.3 Å². The normalized spacial score (nSPS) is 17.7. The minimum atomic E-state index is -0.308. The predicted molar refractivity (Wildman–Crippen MR) is 104 cm³/mol. The summed E-state index contributed by atoms with van der Waals surface area (Å²) in [6.07, 6.45) is 0.408. The number of benzene rings is 2. The Labute approximate surface area is 163 Å². The molecule has 1 aliphatic rings. The molecule has 2 atom stereocenters. The van der Waals surface area contributed by atoms with Crippen LogP contribution in [0.15, 0.2) is 36.4 Å². The van der Waals surface area contributed by atoms with Crippen LogP contribution in [0.4, 0.5) is 10.1 Å². The fourth-order valence-electron chi connectivity index (χ4n) is 3.60. The molecule has 0 bridgehead atoms. The highest BCUT2D eigenvalue weighted by Crippen LogP contribution is 2.36. The zero-order valence-corrected chi connectivity index (χ0v) is 16.1. The third-order valence-corrected chi connectivity index (χ3v) is 5.40. The average Bonchev–Trinajstić information content (AvgIpc) is 3.02. The maximum Gasteiger partial charge on any atom is 0.223 e. The predicted octanol–water partition coefficient (Wildman–Crippen LogP) is 4.68. The van der Waals surface area contributed by atoms with Crippen LogP contribution in [0.2, 0.25) is 5.02 Å². The summed E-state index contributed by atoms with van der Waals surface area (Å²) in [5, 5.41) is 12.8. The van der Waals surface area contributed by atoms with E-state index in [1.54, 1.807) is 24.3 Å². The molecule has 1 amide bonds. The summed E-state index contributed by atoms with van der Waals surface area (Å²) in [6, 6.07) is 11.6. The van der Waals surface area contributed by atoms with Crippen LogP contribution in [0.25, 0.3) is 0 Å². The van der Waals surface area contributed by atoms with Gasteiger partial charge in [0, 0.05) is 31.1 Å². The molecule has 1 fully saturated rings. The lowest BCUT2D eigenvalue weighted by molar-refractivity contribution is -0.127. The number of hydrogen-bond acceptors (Lipinski definition) is 3. The summed E-state index contributed by atoms with van der Waals surface area (Å²) in [5.74, 6) is -0.189. The lowest BCUT2D eigenvalue weighted by Gasteiger charge is -2.28. The van der Waals surface area contributed by atoms with Crippen LogP contribution in [0.5, 0.6) is 0 Å². The standard InChI is InChI=1S/C21H21ClFN3O/c1-3-26-12-15(8-20(26)27)21(18-9-16(23)6-4-13(18)2)25-17-7-5-14(11-24)19(22)10-17/h4-7,9-10,15,21,25H,3,8,12H2,1-2H3/t15-,21?/m0/s1. The molecule has 0 radical (unpaired) electrons. The molecule has 1 aliphatic heterocycles. The minimum absolute atomic E-state index is 0.00682. The summed E-state index contributed by atoms with van der Waals surface area (Å²) < 4.78 is 14.0. The number of nitrogens with one attached hydrogen (secondary N) is 1. The number of amides is 1. The number of nitrogens with zero attached hydrogens (tertiary/aromatic N) is 2. The summed E-state index contributed by atoms with van der Waals surface area (Å²) in [6.45, 7) is 5.17.